The number of carbonyl (C=O) groups excluding carboxylic acids is 4. The topological polar surface area (TPSA) is 151 Å². The predicted octanol–water partition coefficient (Wildman–Crippen LogP) is 2.40. The van der Waals surface area contributed by atoms with Gasteiger partial charge in [-0.15, -0.1) is 0 Å². The van der Waals surface area contributed by atoms with Gasteiger partial charge in [0.2, 0.25) is 11.8 Å². The highest BCUT2D eigenvalue weighted by molar-refractivity contribution is 6.11. The number of aromatic hydroxyl groups is 1. The summed E-state index contributed by atoms with van der Waals surface area (Å²) in [5, 5.41) is 15.2. The molecule has 0 aromatic heterocycles. The number of nitrogen functional groups attached to an aromatic ring is 1. The zero-order chi connectivity index (χ0) is 27.2. The molecule has 196 valence electrons. The second-order valence-electron chi connectivity index (χ2n) is 8.92. The zero-order valence-electron chi connectivity index (χ0n) is 20.7. The molecule has 0 saturated heterocycles. The van der Waals surface area contributed by atoms with E-state index in [1.807, 2.05) is 6.07 Å². The summed E-state index contributed by atoms with van der Waals surface area (Å²) in [6, 6.07) is 18.0. The number of methoxy groups -OCH3 is 1. The number of amides is 3. The van der Waals surface area contributed by atoms with Crippen molar-refractivity contribution in [2.45, 2.75) is 24.9 Å². The van der Waals surface area contributed by atoms with Crippen molar-refractivity contribution in [1.82, 2.24) is 10.2 Å². The number of hydrogen-bond acceptors (Lipinski definition) is 7. The van der Waals surface area contributed by atoms with E-state index in [9.17, 15) is 24.3 Å². The first-order valence-electron chi connectivity index (χ1n) is 12.0. The molecule has 10 nitrogen and oxygen atoms in total. The van der Waals surface area contributed by atoms with Crippen LogP contribution in [0.15, 0.2) is 72.8 Å². The number of rotatable bonds is 8. The number of fused-ring (bicyclic) bond motifs is 1. The Morgan fingerprint density at radius 3 is 2.47 bits per heavy atom. The van der Waals surface area contributed by atoms with E-state index in [0.717, 1.165) is 0 Å². The first-order chi connectivity index (χ1) is 18.2. The molecule has 2 unspecified atom stereocenters. The minimum absolute atomic E-state index is 0.0619. The molecule has 1 aliphatic heterocycles. The lowest BCUT2D eigenvalue weighted by Gasteiger charge is -2.29. The van der Waals surface area contributed by atoms with Crippen molar-refractivity contribution >= 4 is 35.1 Å². The van der Waals surface area contributed by atoms with E-state index in [4.69, 9.17) is 10.5 Å². The van der Waals surface area contributed by atoms with Crippen LogP contribution in [0.1, 0.15) is 33.9 Å². The average molecular weight is 517 g/mol. The number of hydrogen-bond donors (Lipinski definition) is 4. The molecule has 3 aromatic rings. The molecule has 0 spiro atoms. The maximum atomic E-state index is 13.7. The lowest BCUT2D eigenvalue weighted by Crippen LogP contribution is -2.51. The molecule has 38 heavy (non-hydrogen) atoms. The number of nitrogens with two attached hydrogens (primary N) is 1. The molecule has 3 amide bonds. The van der Waals surface area contributed by atoms with Crippen LogP contribution < -0.4 is 16.4 Å². The van der Waals surface area contributed by atoms with Crippen LogP contribution in [0.5, 0.6) is 5.75 Å². The Hall–Kier alpha value is -4.86. The van der Waals surface area contributed by atoms with Crippen LogP contribution in [-0.2, 0) is 25.5 Å². The Morgan fingerprint density at radius 1 is 1.08 bits per heavy atom. The van der Waals surface area contributed by atoms with Crippen LogP contribution in [0.25, 0.3) is 0 Å². The van der Waals surface area contributed by atoms with E-state index in [1.54, 1.807) is 48.5 Å². The number of ether oxygens (including phenoxy) is 1. The number of nitrogens with one attached hydrogen (secondary N) is 2. The van der Waals surface area contributed by atoms with Gasteiger partial charge in [-0.2, -0.15) is 0 Å². The molecule has 5 N–H and O–H groups in total. The normalized spacial score (nSPS) is 15.6. The molecule has 0 aliphatic carbocycles. The van der Waals surface area contributed by atoms with Crippen LogP contribution in [0.4, 0.5) is 11.4 Å². The molecule has 0 fully saturated rings. The van der Waals surface area contributed by atoms with Gasteiger partial charge in [0, 0.05) is 12.1 Å². The first-order valence-corrected chi connectivity index (χ1v) is 12.0. The summed E-state index contributed by atoms with van der Waals surface area (Å²) >= 11 is 0. The van der Waals surface area contributed by atoms with E-state index < -0.39 is 42.3 Å². The van der Waals surface area contributed by atoms with Gasteiger partial charge in [-0.05, 0) is 41.5 Å². The lowest BCUT2D eigenvalue weighted by atomic mass is 10.0. The van der Waals surface area contributed by atoms with E-state index in [-0.39, 0.29) is 24.2 Å². The van der Waals surface area contributed by atoms with Gasteiger partial charge in [0.1, 0.15) is 18.3 Å². The van der Waals surface area contributed by atoms with Crippen molar-refractivity contribution in [2.24, 2.45) is 0 Å². The van der Waals surface area contributed by atoms with Gasteiger partial charge in [0.05, 0.1) is 30.8 Å². The molecule has 1 heterocycles. The molecule has 4 rings (SSSR count). The highest BCUT2D eigenvalue weighted by atomic mass is 16.5. The van der Waals surface area contributed by atoms with E-state index >= 15 is 0 Å². The van der Waals surface area contributed by atoms with E-state index in [1.165, 1.54) is 30.2 Å². The Labute approximate surface area is 219 Å². The molecule has 10 heteroatoms. The monoisotopic (exact) mass is 516 g/mol. The average Bonchev–Trinajstić information content (AvgIpc) is 3.00. The van der Waals surface area contributed by atoms with Gasteiger partial charge in [0.25, 0.3) is 5.91 Å². The largest absolute Gasteiger partial charge is 0.508 e. The van der Waals surface area contributed by atoms with Crippen molar-refractivity contribution in [3.05, 3.63) is 89.5 Å². The number of phenolic OH excluding ortho intramolecular Hbond substituents is 1. The Bertz CT molecular complexity index is 1340. The number of anilines is 2. The number of benzene rings is 3. The molecule has 1 aliphatic rings. The number of esters is 1. The standard InChI is InChI=1S/C28H28N4O6/c1-38-26(35)15-23(18-5-3-2-4-6-18)30-25(34)16-32-24(13-17-7-10-20(33)11-8-17)27(36)31-22-12-9-19(29)14-21(22)28(32)37/h2-12,14,23-24,33H,13,15-16,29H2,1H3,(H,30,34)(H,31,36). The SMILES string of the molecule is COC(=O)CC(NC(=O)CN1C(=O)c2cc(N)ccc2NC(=O)C1Cc1ccc(O)cc1)c1ccccc1. The fraction of sp³-hybridized carbons (Fsp3) is 0.214. The van der Waals surface area contributed by atoms with Crippen molar-refractivity contribution in [3.8, 4) is 5.75 Å². The Morgan fingerprint density at radius 2 is 1.79 bits per heavy atom. The van der Waals surface area contributed by atoms with Gasteiger partial charge in [0.15, 0.2) is 0 Å². The summed E-state index contributed by atoms with van der Waals surface area (Å²) in [4.78, 5) is 53.5. The van der Waals surface area contributed by atoms with Crippen LogP contribution in [-0.4, -0.2) is 53.4 Å². The number of phenols is 1. The summed E-state index contributed by atoms with van der Waals surface area (Å²) in [6.45, 7) is -0.451. The fourth-order valence-electron chi connectivity index (χ4n) is 4.32. The van der Waals surface area contributed by atoms with Crippen LogP contribution >= 0.6 is 0 Å². The van der Waals surface area contributed by atoms with E-state index in [0.29, 0.717) is 22.5 Å². The number of carbonyl (C=O) groups is 4. The van der Waals surface area contributed by atoms with Gasteiger partial charge in [-0.25, -0.2) is 0 Å². The van der Waals surface area contributed by atoms with Gasteiger partial charge >= 0.3 is 5.97 Å². The highest BCUT2D eigenvalue weighted by Gasteiger charge is 2.37. The van der Waals surface area contributed by atoms with Crippen LogP contribution in [0, 0.1) is 0 Å². The summed E-state index contributed by atoms with van der Waals surface area (Å²) in [5.74, 6) is -2.04. The lowest BCUT2D eigenvalue weighted by molar-refractivity contribution is -0.141. The molecule has 3 aromatic carbocycles. The third-order valence-corrected chi connectivity index (χ3v) is 6.29. The van der Waals surface area contributed by atoms with Gasteiger partial charge in [-0.3, -0.25) is 19.2 Å². The third kappa shape index (κ3) is 6.09. The van der Waals surface area contributed by atoms with Crippen LogP contribution in [0.2, 0.25) is 0 Å². The summed E-state index contributed by atoms with van der Waals surface area (Å²) in [7, 11) is 1.26. The first kappa shape index (κ1) is 26.2. The molecule has 0 saturated carbocycles. The quantitative estimate of drug-likeness (QED) is 0.265. The van der Waals surface area contributed by atoms with Gasteiger partial charge < -0.3 is 31.1 Å². The summed E-state index contributed by atoms with van der Waals surface area (Å²) in [6.07, 6.45) is -0.0180. The fourth-order valence-corrected chi connectivity index (χ4v) is 4.32. The number of nitrogens with zero attached hydrogens (tertiary/aromatic N) is 1. The zero-order valence-corrected chi connectivity index (χ0v) is 20.7. The second kappa shape index (κ2) is 11.5. The molecule has 0 radical (unpaired) electrons. The summed E-state index contributed by atoms with van der Waals surface area (Å²) < 4.78 is 4.79. The van der Waals surface area contributed by atoms with E-state index in [2.05, 4.69) is 10.6 Å². The van der Waals surface area contributed by atoms with Crippen molar-refractivity contribution in [3.63, 3.8) is 0 Å². The molecule has 0 bridgehead atoms. The minimum Gasteiger partial charge on any atom is -0.508 e. The summed E-state index contributed by atoms with van der Waals surface area (Å²) in [5.41, 5.74) is 8.06. The van der Waals surface area contributed by atoms with Crippen molar-refractivity contribution in [2.75, 3.05) is 24.7 Å². The minimum atomic E-state index is -1.04. The Balaban J connectivity index is 1.64. The Kier molecular flexibility index (Phi) is 7.91. The van der Waals surface area contributed by atoms with Crippen molar-refractivity contribution in [1.29, 1.82) is 0 Å². The molecular formula is C28H28N4O6. The molecular weight excluding hydrogens is 488 g/mol. The maximum Gasteiger partial charge on any atom is 0.307 e. The van der Waals surface area contributed by atoms with Crippen LogP contribution in [0.3, 0.4) is 0 Å². The third-order valence-electron chi connectivity index (χ3n) is 6.29. The maximum absolute atomic E-state index is 13.7. The van der Waals surface area contributed by atoms with Crippen molar-refractivity contribution < 1.29 is 29.0 Å². The molecule has 2 atom stereocenters. The second-order valence-corrected chi connectivity index (χ2v) is 8.92. The highest BCUT2D eigenvalue weighted by Crippen LogP contribution is 2.27. The van der Waals surface area contributed by atoms with Gasteiger partial charge in [-0.1, -0.05) is 42.5 Å². The smallest absolute Gasteiger partial charge is 0.307 e. The predicted molar refractivity (Wildman–Crippen MR) is 140 cm³/mol.